The summed E-state index contributed by atoms with van der Waals surface area (Å²) in [5.41, 5.74) is 0.497. The average Bonchev–Trinajstić information content (AvgIpc) is 2.73. The summed E-state index contributed by atoms with van der Waals surface area (Å²) in [6.45, 7) is 0. The van der Waals surface area contributed by atoms with Crippen LogP contribution in [0.1, 0.15) is 15.2 Å². The molecule has 1 aromatic carbocycles. The Hall–Kier alpha value is -1.46. The first-order valence-electron chi connectivity index (χ1n) is 4.76. The Morgan fingerprint density at radius 1 is 1.29 bits per heavy atom. The molecule has 0 radical (unpaired) electrons. The summed E-state index contributed by atoms with van der Waals surface area (Å²) < 4.78 is 1.01. The number of carbonyl (C=O) groups excluding carboxylic acids is 1. The second-order valence-corrected chi connectivity index (χ2v) is 5.70. The minimum absolute atomic E-state index is 0.0966. The summed E-state index contributed by atoms with van der Waals surface area (Å²) in [4.78, 5) is 16.0. The molecule has 0 aliphatic carbocycles. The Kier molecular flexibility index (Phi) is 3.71. The summed E-state index contributed by atoms with van der Waals surface area (Å²) in [6, 6.07) is 10.3. The summed E-state index contributed by atoms with van der Waals surface area (Å²) in [5.74, 6) is -1.22. The van der Waals surface area contributed by atoms with Crippen LogP contribution in [0.4, 0.5) is 5.69 Å². The predicted octanol–water partition coefficient (Wildman–Crippen LogP) is 2.62. The summed E-state index contributed by atoms with van der Waals surface area (Å²) in [6.07, 6.45) is 1.64. The first kappa shape index (κ1) is 12.0. The normalized spacial score (nSPS) is 10.9. The SMILES string of the molecule is O=C([O-])c1ccccc1N=Cc1ccc(Br)s1. The highest BCUT2D eigenvalue weighted by Crippen LogP contribution is 2.22. The maximum absolute atomic E-state index is 10.8. The van der Waals surface area contributed by atoms with Gasteiger partial charge in [-0.25, -0.2) is 0 Å². The Labute approximate surface area is 111 Å². The fourth-order valence-electron chi connectivity index (χ4n) is 1.29. The highest BCUT2D eigenvalue weighted by molar-refractivity contribution is 9.11. The van der Waals surface area contributed by atoms with Crippen molar-refractivity contribution in [3.05, 3.63) is 50.6 Å². The van der Waals surface area contributed by atoms with Gasteiger partial charge < -0.3 is 9.90 Å². The molecule has 0 saturated heterocycles. The Balaban J connectivity index is 2.30. The third kappa shape index (κ3) is 3.01. The molecule has 0 saturated carbocycles. The van der Waals surface area contributed by atoms with Crippen molar-refractivity contribution < 1.29 is 9.90 Å². The molecular formula is C12H7BrNO2S-. The van der Waals surface area contributed by atoms with Crippen LogP contribution in [0.5, 0.6) is 0 Å². The Morgan fingerprint density at radius 2 is 2.06 bits per heavy atom. The van der Waals surface area contributed by atoms with Crippen LogP contribution in [0, 0.1) is 0 Å². The zero-order chi connectivity index (χ0) is 12.3. The molecule has 0 atom stereocenters. The van der Waals surface area contributed by atoms with E-state index in [-0.39, 0.29) is 5.56 Å². The van der Waals surface area contributed by atoms with Crippen LogP contribution in [0.15, 0.2) is 45.2 Å². The van der Waals surface area contributed by atoms with Crippen molar-refractivity contribution in [1.82, 2.24) is 0 Å². The molecule has 5 heteroatoms. The molecule has 2 aromatic rings. The number of aliphatic imine (C=N–C) groups is 1. The third-order valence-electron chi connectivity index (χ3n) is 2.05. The van der Waals surface area contributed by atoms with E-state index in [1.807, 2.05) is 12.1 Å². The highest BCUT2D eigenvalue weighted by Gasteiger charge is 2.00. The lowest BCUT2D eigenvalue weighted by molar-refractivity contribution is -0.254. The summed E-state index contributed by atoms with van der Waals surface area (Å²) in [7, 11) is 0. The molecule has 0 fully saturated rings. The number of nitrogens with zero attached hydrogens (tertiary/aromatic N) is 1. The van der Waals surface area contributed by atoms with Crippen molar-refractivity contribution in [1.29, 1.82) is 0 Å². The molecule has 86 valence electrons. The number of para-hydroxylation sites is 1. The number of benzene rings is 1. The summed E-state index contributed by atoms with van der Waals surface area (Å²) >= 11 is 4.87. The van der Waals surface area contributed by atoms with Gasteiger partial charge in [0.1, 0.15) is 0 Å². The van der Waals surface area contributed by atoms with Gasteiger partial charge in [0.2, 0.25) is 0 Å². The van der Waals surface area contributed by atoms with E-state index < -0.39 is 5.97 Å². The van der Waals surface area contributed by atoms with Crippen molar-refractivity contribution in [3.63, 3.8) is 0 Å². The molecule has 0 bridgehead atoms. The number of thiophene rings is 1. The zero-order valence-corrected chi connectivity index (χ0v) is 11.0. The second-order valence-electron chi connectivity index (χ2n) is 3.20. The quantitative estimate of drug-likeness (QED) is 0.818. The fraction of sp³-hybridized carbons (Fsp3) is 0. The van der Waals surface area contributed by atoms with E-state index in [0.717, 1.165) is 8.66 Å². The lowest BCUT2D eigenvalue weighted by Gasteiger charge is -2.04. The zero-order valence-electron chi connectivity index (χ0n) is 8.59. The maximum Gasteiger partial charge on any atom is 0.0737 e. The predicted molar refractivity (Wildman–Crippen MR) is 70.0 cm³/mol. The van der Waals surface area contributed by atoms with Gasteiger partial charge in [-0.15, -0.1) is 11.3 Å². The number of aromatic carboxylic acids is 1. The van der Waals surface area contributed by atoms with E-state index in [4.69, 9.17) is 0 Å². The molecule has 1 heterocycles. The first-order valence-corrected chi connectivity index (χ1v) is 6.37. The molecule has 0 N–H and O–H groups in total. The Bertz CT molecular complexity index is 577. The van der Waals surface area contributed by atoms with Crippen LogP contribution in [-0.2, 0) is 0 Å². The number of halogens is 1. The van der Waals surface area contributed by atoms with Crippen LogP contribution >= 0.6 is 27.3 Å². The van der Waals surface area contributed by atoms with E-state index in [1.54, 1.807) is 24.4 Å². The molecule has 2 rings (SSSR count). The number of hydrogen-bond acceptors (Lipinski definition) is 4. The molecular weight excluding hydrogens is 302 g/mol. The van der Waals surface area contributed by atoms with Gasteiger partial charge in [0.05, 0.1) is 15.4 Å². The van der Waals surface area contributed by atoms with E-state index in [2.05, 4.69) is 20.9 Å². The van der Waals surface area contributed by atoms with E-state index in [0.29, 0.717) is 5.69 Å². The molecule has 3 nitrogen and oxygen atoms in total. The van der Waals surface area contributed by atoms with Gasteiger partial charge >= 0.3 is 0 Å². The van der Waals surface area contributed by atoms with E-state index in [9.17, 15) is 9.90 Å². The number of carbonyl (C=O) groups is 1. The standard InChI is InChI=1S/C12H8BrNO2S/c13-11-6-5-8(17-11)7-14-10-4-2-1-3-9(10)12(15)16/h1-7H,(H,15,16)/p-1. The van der Waals surface area contributed by atoms with Gasteiger partial charge in [0.25, 0.3) is 0 Å². The van der Waals surface area contributed by atoms with Crippen molar-refractivity contribution in [2.45, 2.75) is 0 Å². The molecule has 0 aliphatic rings. The largest absolute Gasteiger partial charge is 0.545 e. The Morgan fingerprint density at radius 3 is 2.71 bits per heavy atom. The smallest absolute Gasteiger partial charge is 0.0737 e. The molecule has 17 heavy (non-hydrogen) atoms. The van der Waals surface area contributed by atoms with Crippen molar-refractivity contribution in [3.8, 4) is 0 Å². The number of rotatable bonds is 3. The van der Waals surface area contributed by atoms with Gasteiger partial charge in [-0.05, 0) is 34.1 Å². The fourth-order valence-corrected chi connectivity index (χ4v) is 2.59. The van der Waals surface area contributed by atoms with Crippen molar-refractivity contribution in [2.75, 3.05) is 0 Å². The van der Waals surface area contributed by atoms with Crippen molar-refractivity contribution >= 4 is 45.1 Å². The van der Waals surface area contributed by atoms with Gasteiger partial charge in [0.15, 0.2) is 0 Å². The number of hydrogen-bond donors (Lipinski definition) is 0. The lowest BCUT2D eigenvalue weighted by atomic mass is 10.2. The van der Waals surface area contributed by atoms with Crippen LogP contribution in [0.25, 0.3) is 0 Å². The van der Waals surface area contributed by atoms with Crippen molar-refractivity contribution in [2.24, 2.45) is 4.99 Å². The second kappa shape index (κ2) is 5.25. The average molecular weight is 309 g/mol. The van der Waals surface area contributed by atoms with Crippen LogP contribution in [0.2, 0.25) is 0 Å². The van der Waals surface area contributed by atoms with Crippen LogP contribution in [0.3, 0.4) is 0 Å². The molecule has 0 unspecified atom stereocenters. The first-order chi connectivity index (χ1) is 8.16. The third-order valence-corrected chi connectivity index (χ3v) is 3.61. The van der Waals surface area contributed by atoms with E-state index >= 15 is 0 Å². The minimum atomic E-state index is -1.22. The molecule has 0 spiro atoms. The highest BCUT2D eigenvalue weighted by atomic mass is 79.9. The van der Waals surface area contributed by atoms with Gasteiger partial charge in [-0.1, -0.05) is 18.2 Å². The van der Waals surface area contributed by atoms with Gasteiger partial charge in [-0.3, -0.25) is 4.99 Å². The topological polar surface area (TPSA) is 52.5 Å². The van der Waals surface area contributed by atoms with Crippen LogP contribution < -0.4 is 5.11 Å². The minimum Gasteiger partial charge on any atom is -0.545 e. The molecule has 1 aromatic heterocycles. The molecule has 0 amide bonds. The molecule has 0 aliphatic heterocycles. The summed E-state index contributed by atoms with van der Waals surface area (Å²) in [5, 5.41) is 10.8. The van der Waals surface area contributed by atoms with Gasteiger partial charge in [0, 0.05) is 16.7 Å². The lowest BCUT2D eigenvalue weighted by Crippen LogP contribution is -2.22. The number of carboxylic acid groups (broad SMARTS) is 1. The van der Waals surface area contributed by atoms with E-state index in [1.165, 1.54) is 17.4 Å². The number of carboxylic acids is 1. The maximum atomic E-state index is 10.8. The van der Waals surface area contributed by atoms with Gasteiger partial charge in [-0.2, -0.15) is 0 Å². The monoisotopic (exact) mass is 308 g/mol. The van der Waals surface area contributed by atoms with Crippen LogP contribution in [-0.4, -0.2) is 12.2 Å².